The summed E-state index contributed by atoms with van der Waals surface area (Å²) in [6.07, 6.45) is 2.81. The smallest absolute Gasteiger partial charge is 0.306 e. The number of aliphatic hydroxyl groups excluding tert-OH is 1. The first-order valence-corrected chi connectivity index (χ1v) is 13.1. The van der Waals surface area contributed by atoms with E-state index in [1.54, 1.807) is 19.9 Å². The number of hydrogen-bond donors (Lipinski definition) is 2. The SMILES string of the molecule is CCOC(=O)CCc1cc(C)c(F)cc1[C@@H](C)OC[C@H](O)CNC(C)(C)CC1Cc2ccccc2C1. The van der Waals surface area contributed by atoms with Crippen molar-refractivity contribution in [2.45, 2.75) is 84.5 Å². The molecule has 0 saturated carbocycles. The minimum absolute atomic E-state index is 0.111. The van der Waals surface area contributed by atoms with E-state index < -0.39 is 12.2 Å². The quantitative estimate of drug-likeness (QED) is 0.369. The van der Waals surface area contributed by atoms with E-state index in [1.165, 1.54) is 17.2 Å². The molecular formula is C30H42FNO4. The second-order valence-electron chi connectivity index (χ2n) is 10.7. The van der Waals surface area contributed by atoms with E-state index in [9.17, 15) is 14.3 Å². The number of rotatable bonds is 13. The molecule has 0 heterocycles. The Bertz CT molecular complexity index is 997. The molecule has 0 amide bonds. The molecule has 0 saturated heterocycles. The summed E-state index contributed by atoms with van der Waals surface area (Å²) < 4.78 is 25.3. The van der Waals surface area contributed by atoms with Gasteiger partial charge >= 0.3 is 5.97 Å². The van der Waals surface area contributed by atoms with Gasteiger partial charge in [-0.3, -0.25) is 4.79 Å². The summed E-state index contributed by atoms with van der Waals surface area (Å²) in [5.41, 5.74) is 4.88. The van der Waals surface area contributed by atoms with Crippen LogP contribution in [0.5, 0.6) is 0 Å². The highest BCUT2D eigenvalue weighted by atomic mass is 19.1. The van der Waals surface area contributed by atoms with Crippen LogP contribution < -0.4 is 5.32 Å². The molecule has 2 atom stereocenters. The lowest BCUT2D eigenvalue weighted by Gasteiger charge is -2.31. The molecule has 0 spiro atoms. The highest BCUT2D eigenvalue weighted by molar-refractivity contribution is 5.69. The average Bonchev–Trinajstić information content (AvgIpc) is 3.23. The van der Waals surface area contributed by atoms with Gasteiger partial charge < -0.3 is 19.9 Å². The highest BCUT2D eigenvalue weighted by Gasteiger charge is 2.28. The Labute approximate surface area is 215 Å². The molecule has 5 nitrogen and oxygen atoms in total. The highest BCUT2D eigenvalue weighted by Crippen LogP contribution is 2.32. The second kappa shape index (κ2) is 12.8. The number of nitrogens with one attached hydrogen (secondary N) is 1. The molecule has 36 heavy (non-hydrogen) atoms. The summed E-state index contributed by atoms with van der Waals surface area (Å²) in [6.45, 7) is 10.6. The van der Waals surface area contributed by atoms with Crippen molar-refractivity contribution in [3.63, 3.8) is 0 Å². The Morgan fingerprint density at radius 1 is 1.22 bits per heavy atom. The molecule has 0 fully saturated rings. The lowest BCUT2D eigenvalue weighted by atomic mass is 9.88. The fourth-order valence-corrected chi connectivity index (χ4v) is 5.21. The first-order valence-electron chi connectivity index (χ1n) is 13.1. The van der Waals surface area contributed by atoms with Crippen molar-refractivity contribution < 1.29 is 23.8 Å². The minimum atomic E-state index is -0.689. The molecule has 2 aromatic rings. The summed E-state index contributed by atoms with van der Waals surface area (Å²) in [7, 11) is 0. The number of esters is 1. The van der Waals surface area contributed by atoms with Crippen molar-refractivity contribution in [3.8, 4) is 0 Å². The van der Waals surface area contributed by atoms with Crippen LogP contribution in [-0.2, 0) is 33.5 Å². The molecule has 0 aromatic heterocycles. The lowest BCUT2D eigenvalue weighted by Crippen LogP contribution is -2.45. The van der Waals surface area contributed by atoms with Crippen molar-refractivity contribution >= 4 is 5.97 Å². The molecule has 0 unspecified atom stereocenters. The number of benzene rings is 2. The van der Waals surface area contributed by atoms with Gasteiger partial charge in [-0.2, -0.15) is 0 Å². The molecule has 2 aromatic carbocycles. The Kier molecular flexibility index (Phi) is 10.1. The maximum atomic E-state index is 14.3. The molecule has 1 aliphatic rings. The molecule has 2 N–H and O–H groups in total. The van der Waals surface area contributed by atoms with Crippen molar-refractivity contribution in [2.24, 2.45) is 5.92 Å². The fourth-order valence-electron chi connectivity index (χ4n) is 5.21. The first-order chi connectivity index (χ1) is 17.1. The van der Waals surface area contributed by atoms with Crippen LogP contribution in [0.2, 0.25) is 0 Å². The minimum Gasteiger partial charge on any atom is -0.466 e. The number of halogens is 1. The van der Waals surface area contributed by atoms with Crippen molar-refractivity contribution in [3.05, 3.63) is 70.0 Å². The van der Waals surface area contributed by atoms with Crippen LogP contribution in [0.4, 0.5) is 4.39 Å². The number of carbonyl (C=O) groups is 1. The van der Waals surface area contributed by atoms with Gasteiger partial charge in [-0.15, -0.1) is 0 Å². The molecule has 1 aliphatic carbocycles. The average molecular weight is 500 g/mol. The standard InChI is InChI=1S/C30H42FNO4/c1-6-35-29(34)12-11-25-13-20(2)28(31)16-27(25)21(3)36-19-26(33)18-32-30(4,5)17-22-14-23-9-7-8-10-24(23)15-22/h7-10,13,16,21-22,26,32-33H,6,11-12,14-15,17-19H2,1-5H3/t21-,26-/m1/s1. The van der Waals surface area contributed by atoms with Gasteiger partial charge in [0.15, 0.2) is 0 Å². The Morgan fingerprint density at radius 3 is 2.53 bits per heavy atom. The summed E-state index contributed by atoms with van der Waals surface area (Å²) in [5.74, 6) is 0.0192. The number of β-amino-alcohol motifs (C(OH)–C–C–N with tert-alkyl or cyclic N) is 1. The van der Waals surface area contributed by atoms with E-state index in [4.69, 9.17) is 9.47 Å². The van der Waals surface area contributed by atoms with Gasteiger partial charge in [0.2, 0.25) is 0 Å². The molecular weight excluding hydrogens is 457 g/mol. The Hall–Kier alpha value is -2.28. The second-order valence-corrected chi connectivity index (χ2v) is 10.7. The maximum absolute atomic E-state index is 14.3. The summed E-state index contributed by atoms with van der Waals surface area (Å²) in [6, 6.07) is 11.9. The number of ether oxygens (including phenoxy) is 2. The zero-order valence-electron chi connectivity index (χ0n) is 22.4. The van der Waals surface area contributed by atoms with Gasteiger partial charge in [0.05, 0.1) is 25.4 Å². The number of fused-ring (bicyclic) bond motifs is 1. The first kappa shape index (κ1) is 28.3. The van der Waals surface area contributed by atoms with Crippen LogP contribution in [0.1, 0.15) is 74.5 Å². The van der Waals surface area contributed by atoms with Crippen molar-refractivity contribution in [1.82, 2.24) is 5.32 Å². The number of hydrogen-bond acceptors (Lipinski definition) is 5. The summed E-state index contributed by atoms with van der Waals surface area (Å²) >= 11 is 0. The zero-order valence-corrected chi connectivity index (χ0v) is 22.4. The third-order valence-corrected chi connectivity index (χ3v) is 7.05. The number of aliphatic hydroxyl groups is 1. The topological polar surface area (TPSA) is 67.8 Å². The van der Waals surface area contributed by atoms with E-state index in [2.05, 4.69) is 43.4 Å². The normalized spacial score (nSPS) is 15.5. The molecule has 198 valence electrons. The predicted octanol–water partition coefficient (Wildman–Crippen LogP) is 5.24. The van der Waals surface area contributed by atoms with Crippen LogP contribution in [0.3, 0.4) is 0 Å². The zero-order chi connectivity index (χ0) is 26.3. The van der Waals surface area contributed by atoms with Gasteiger partial charge in [-0.25, -0.2) is 4.39 Å². The molecule has 0 bridgehead atoms. The predicted molar refractivity (Wildman–Crippen MR) is 141 cm³/mol. The van der Waals surface area contributed by atoms with Crippen molar-refractivity contribution in [1.29, 1.82) is 0 Å². The van der Waals surface area contributed by atoms with E-state index in [-0.39, 0.29) is 30.4 Å². The molecule has 3 rings (SSSR count). The largest absolute Gasteiger partial charge is 0.466 e. The van der Waals surface area contributed by atoms with Crippen LogP contribution >= 0.6 is 0 Å². The summed E-state index contributed by atoms with van der Waals surface area (Å²) in [5, 5.41) is 14.1. The van der Waals surface area contributed by atoms with Gasteiger partial charge in [0, 0.05) is 18.5 Å². The van der Waals surface area contributed by atoms with Crippen LogP contribution in [0.25, 0.3) is 0 Å². The Morgan fingerprint density at radius 2 is 1.89 bits per heavy atom. The van der Waals surface area contributed by atoms with Crippen LogP contribution in [0.15, 0.2) is 36.4 Å². The van der Waals surface area contributed by atoms with E-state index in [1.807, 2.05) is 6.92 Å². The number of carbonyl (C=O) groups excluding carboxylic acids is 1. The molecule has 0 aliphatic heterocycles. The van der Waals surface area contributed by atoms with E-state index >= 15 is 0 Å². The van der Waals surface area contributed by atoms with E-state index in [0.29, 0.717) is 36.6 Å². The summed E-state index contributed by atoms with van der Waals surface area (Å²) in [4.78, 5) is 11.8. The van der Waals surface area contributed by atoms with Crippen LogP contribution in [-0.4, -0.2) is 42.5 Å². The molecule has 0 radical (unpaired) electrons. The third kappa shape index (κ3) is 8.12. The molecule has 6 heteroatoms. The maximum Gasteiger partial charge on any atom is 0.306 e. The van der Waals surface area contributed by atoms with Gasteiger partial charge in [0.1, 0.15) is 5.82 Å². The Balaban J connectivity index is 1.49. The lowest BCUT2D eigenvalue weighted by molar-refractivity contribution is -0.143. The van der Waals surface area contributed by atoms with Gasteiger partial charge in [-0.1, -0.05) is 30.3 Å². The van der Waals surface area contributed by atoms with Crippen LogP contribution in [0, 0.1) is 18.7 Å². The monoisotopic (exact) mass is 499 g/mol. The van der Waals surface area contributed by atoms with E-state index in [0.717, 1.165) is 24.8 Å². The van der Waals surface area contributed by atoms with Crippen molar-refractivity contribution in [2.75, 3.05) is 19.8 Å². The van der Waals surface area contributed by atoms with Gasteiger partial charge in [-0.05, 0) is 100 Å². The fraction of sp³-hybridized carbons (Fsp3) is 0.567. The van der Waals surface area contributed by atoms with Gasteiger partial charge in [0.25, 0.3) is 0 Å². The third-order valence-electron chi connectivity index (χ3n) is 7.05. The number of aryl methyl sites for hydroxylation is 2.